The molecule has 1 aromatic rings. The molecule has 0 spiro atoms. The first-order valence-electron chi connectivity index (χ1n) is 4.75. The van der Waals surface area contributed by atoms with E-state index in [1.54, 1.807) is 32.2 Å². The quantitative estimate of drug-likeness (QED) is 0.762. The number of aromatic hydroxyl groups is 1. The summed E-state index contributed by atoms with van der Waals surface area (Å²) in [4.78, 5) is 12.8. The topological polar surface area (TPSA) is 49.8 Å². The second-order valence-electron chi connectivity index (χ2n) is 3.97. The van der Waals surface area contributed by atoms with Crippen LogP contribution in [0, 0.1) is 0 Å². The summed E-state index contributed by atoms with van der Waals surface area (Å²) in [6, 6.07) is 6.91. The Labute approximate surface area is 88.1 Å². The van der Waals surface area contributed by atoms with E-state index in [9.17, 15) is 9.90 Å². The lowest BCUT2D eigenvalue weighted by molar-refractivity contribution is 0.0682. The first kappa shape index (κ1) is 9.83. The molecular weight excluding hydrogens is 194 g/mol. The Balaban J connectivity index is 2.40. The number of para-hydroxylation sites is 1. The number of hydrogen-bond acceptors (Lipinski definition) is 3. The van der Waals surface area contributed by atoms with E-state index in [4.69, 9.17) is 4.74 Å². The van der Waals surface area contributed by atoms with Crippen LogP contribution in [-0.4, -0.2) is 29.7 Å². The van der Waals surface area contributed by atoms with Gasteiger partial charge in [0.2, 0.25) is 0 Å². The van der Waals surface area contributed by atoms with Crippen LogP contribution in [0.4, 0.5) is 4.79 Å². The number of rotatable bonds is 1. The summed E-state index contributed by atoms with van der Waals surface area (Å²) in [5.41, 5.74) is -0.111. The minimum atomic E-state index is -0.753. The van der Waals surface area contributed by atoms with Crippen LogP contribution in [0.3, 0.4) is 0 Å². The Morgan fingerprint density at radius 3 is 2.67 bits per heavy atom. The normalized spacial score (nSPS) is 25.5. The zero-order valence-corrected chi connectivity index (χ0v) is 8.73. The molecule has 4 heteroatoms. The van der Waals surface area contributed by atoms with Gasteiger partial charge in [-0.15, -0.1) is 0 Å². The van der Waals surface area contributed by atoms with E-state index in [1.807, 2.05) is 6.07 Å². The van der Waals surface area contributed by atoms with Crippen LogP contribution in [0.15, 0.2) is 24.3 Å². The van der Waals surface area contributed by atoms with Crippen molar-refractivity contribution in [1.82, 2.24) is 4.90 Å². The molecule has 0 bridgehead atoms. The Kier molecular flexibility index (Phi) is 2.07. The minimum absolute atomic E-state index is 0.156. The first-order chi connectivity index (χ1) is 7.03. The number of phenolic OH excluding ortho intramolecular Hbond substituents is 1. The summed E-state index contributed by atoms with van der Waals surface area (Å²) in [6.07, 6.45) is -0.360. The van der Waals surface area contributed by atoms with Crippen molar-refractivity contribution in [3.05, 3.63) is 29.8 Å². The van der Waals surface area contributed by atoms with Crippen LogP contribution in [-0.2, 0) is 10.3 Å². The van der Waals surface area contributed by atoms with Gasteiger partial charge in [0.1, 0.15) is 5.75 Å². The van der Waals surface area contributed by atoms with Gasteiger partial charge in [0.25, 0.3) is 0 Å². The molecule has 1 unspecified atom stereocenters. The van der Waals surface area contributed by atoms with E-state index in [2.05, 4.69) is 0 Å². The van der Waals surface area contributed by atoms with E-state index in [0.717, 1.165) is 0 Å². The van der Waals surface area contributed by atoms with Crippen molar-refractivity contribution >= 4 is 6.09 Å². The molecule has 1 aromatic carbocycles. The van der Waals surface area contributed by atoms with Crippen LogP contribution >= 0.6 is 0 Å². The van der Waals surface area contributed by atoms with E-state index >= 15 is 0 Å². The van der Waals surface area contributed by atoms with Crippen molar-refractivity contribution in [2.75, 3.05) is 13.6 Å². The predicted octanol–water partition coefficient (Wildman–Crippen LogP) is 1.69. The maximum absolute atomic E-state index is 11.3. The van der Waals surface area contributed by atoms with Gasteiger partial charge in [0.05, 0.1) is 6.54 Å². The van der Waals surface area contributed by atoms with Crippen LogP contribution in [0.2, 0.25) is 0 Å². The molecule has 1 fully saturated rings. The van der Waals surface area contributed by atoms with Crippen molar-refractivity contribution < 1.29 is 14.6 Å². The second kappa shape index (κ2) is 3.15. The second-order valence-corrected chi connectivity index (χ2v) is 3.97. The number of ether oxygens (including phenoxy) is 1. The number of nitrogens with zero attached hydrogens (tertiary/aromatic N) is 1. The monoisotopic (exact) mass is 207 g/mol. The molecule has 0 radical (unpaired) electrons. The number of carbonyl (C=O) groups is 1. The summed E-state index contributed by atoms with van der Waals surface area (Å²) in [5.74, 6) is 0.156. The molecule has 1 heterocycles. The maximum Gasteiger partial charge on any atom is 0.410 e. The Morgan fingerprint density at radius 2 is 2.13 bits per heavy atom. The van der Waals surface area contributed by atoms with Crippen LogP contribution in [0.1, 0.15) is 12.5 Å². The fraction of sp³-hybridized carbons (Fsp3) is 0.364. The fourth-order valence-corrected chi connectivity index (χ4v) is 1.88. The molecule has 1 aliphatic heterocycles. The lowest BCUT2D eigenvalue weighted by Crippen LogP contribution is -2.27. The van der Waals surface area contributed by atoms with Crippen LogP contribution in [0.25, 0.3) is 0 Å². The lowest BCUT2D eigenvalue weighted by Gasteiger charge is -2.22. The summed E-state index contributed by atoms with van der Waals surface area (Å²) >= 11 is 0. The van der Waals surface area contributed by atoms with Crippen molar-refractivity contribution in [2.45, 2.75) is 12.5 Å². The Bertz CT molecular complexity index is 405. The van der Waals surface area contributed by atoms with Gasteiger partial charge < -0.3 is 14.7 Å². The highest BCUT2D eigenvalue weighted by Gasteiger charge is 2.42. The predicted molar refractivity (Wildman–Crippen MR) is 54.6 cm³/mol. The summed E-state index contributed by atoms with van der Waals surface area (Å²) in [7, 11) is 1.67. The Hall–Kier alpha value is -1.71. The molecule has 0 aromatic heterocycles. The number of likely N-dealkylation sites (N-methyl/N-ethyl adjacent to an activating group) is 1. The molecule has 0 saturated carbocycles. The van der Waals surface area contributed by atoms with Crippen LogP contribution in [0.5, 0.6) is 5.75 Å². The molecule has 2 rings (SSSR count). The smallest absolute Gasteiger partial charge is 0.410 e. The maximum atomic E-state index is 11.3. The highest BCUT2D eigenvalue weighted by Crippen LogP contribution is 2.36. The van der Waals surface area contributed by atoms with Crippen molar-refractivity contribution in [2.24, 2.45) is 0 Å². The molecule has 1 atom stereocenters. The van der Waals surface area contributed by atoms with Gasteiger partial charge in [-0.2, -0.15) is 0 Å². The van der Waals surface area contributed by atoms with Gasteiger partial charge >= 0.3 is 6.09 Å². The number of cyclic esters (lactones) is 1. The molecule has 80 valence electrons. The van der Waals surface area contributed by atoms with Gasteiger partial charge in [-0.25, -0.2) is 4.79 Å². The molecule has 1 saturated heterocycles. The largest absolute Gasteiger partial charge is 0.508 e. The lowest BCUT2D eigenvalue weighted by atomic mass is 9.95. The van der Waals surface area contributed by atoms with Gasteiger partial charge in [0, 0.05) is 12.6 Å². The zero-order valence-electron chi connectivity index (χ0n) is 8.73. The average Bonchev–Trinajstić information content (AvgIpc) is 2.42. The molecule has 1 amide bonds. The number of benzene rings is 1. The van der Waals surface area contributed by atoms with Crippen molar-refractivity contribution in [1.29, 1.82) is 0 Å². The number of carbonyl (C=O) groups excluding carboxylic acids is 1. The molecule has 1 aliphatic rings. The average molecular weight is 207 g/mol. The standard InChI is InChI=1S/C11H13NO3/c1-11(7-12(2)10(14)15-11)8-5-3-4-6-9(8)13/h3-6,13H,7H2,1-2H3. The van der Waals surface area contributed by atoms with E-state index in [0.29, 0.717) is 12.1 Å². The summed E-state index contributed by atoms with van der Waals surface area (Å²) in [5, 5.41) is 9.70. The first-order valence-corrected chi connectivity index (χ1v) is 4.75. The number of phenols is 1. The molecule has 4 nitrogen and oxygen atoms in total. The fourth-order valence-electron chi connectivity index (χ4n) is 1.88. The molecule has 15 heavy (non-hydrogen) atoms. The van der Waals surface area contributed by atoms with Gasteiger partial charge in [-0.05, 0) is 13.0 Å². The third-order valence-corrected chi connectivity index (χ3v) is 2.64. The summed E-state index contributed by atoms with van der Waals surface area (Å²) < 4.78 is 5.25. The van der Waals surface area contributed by atoms with E-state index in [-0.39, 0.29) is 11.8 Å². The minimum Gasteiger partial charge on any atom is -0.508 e. The number of hydrogen-bond donors (Lipinski definition) is 1. The van der Waals surface area contributed by atoms with E-state index in [1.165, 1.54) is 4.90 Å². The molecule has 1 N–H and O–H groups in total. The zero-order chi connectivity index (χ0) is 11.1. The molecular formula is C11H13NO3. The van der Waals surface area contributed by atoms with Gasteiger partial charge in [-0.3, -0.25) is 0 Å². The highest BCUT2D eigenvalue weighted by atomic mass is 16.6. The van der Waals surface area contributed by atoms with Gasteiger partial charge in [0.15, 0.2) is 5.60 Å². The molecule has 0 aliphatic carbocycles. The van der Waals surface area contributed by atoms with Crippen molar-refractivity contribution in [3.63, 3.8) is 0 Å². The van der Waals surface area contributed by atoms with E-state index < -0.39 is 5.60 Å². The van der Waals surface area contributed by atoms with Gasteiger partial charge in [-0.1, -0.05) is 18.2 Å². The summed E-state index contributed by atoms with van der Waals surface area (Å²) in [6.45, 7) is 2.24. The van der Waals surface area contributed by atoms with Crippen LogP contribution < -0.4 is 0 Å². The third kappa shape index (κ3) is 1.52. The highest BCUT2D eigenvalue weighted by molar-refractivity contribution is 5.71. The SMILES string of the molecule is CN1CC(C)(c2ccccc2O)OC1=O. The van der Waals surface area contributed by atoms with Crippen molar-refractivity contribution in [3.8, 4) is 5.75 Å². The third-order valence-electron chi connectivity index (χ3n) is 2.64. The number of amides is 1. The Morgan fingerprint density at radius 1 is 1.47 bits per heavy atom.